The molecule has 0 saturated heterocycles. The zero-order chi connectivity index (χ0) is 22.8. The van der Waals surface area contributed by atoms with Crippen LogP contribution in [0.15, 0.2) is 60.4 Å². The SMILES string of the molecule is CCOc1ccc(NC(=O)c2cnn3c2NC(C(=O)O)=C[C@@H]3c2ccc(F)cc2F)cc1. The van der Waals surface area contributed by atoms with Gasteiger partial charge in [-0.25, -0.2) is 18.3 Å². The van der Waals surface area contributed by atoms with Crippen molar-refractivity contribution in [3.8, 4) is 5.75 Å². The van der Waals surface area contributed by atoms with Gasteiger partial charge in [-0.1, -0.05) is 6.07 Å². The Bertz CT molecular complexity index is 1220. The van der Waals surface area contributed by atoms with Crippen molar-refractivity contribution in [2.75, 3.05) is 17.2 Å². The highest BCUT2D eigenvalue weighted by atomic mass is 19.1. The van der Waals surface area contributed by atoms with Gasteiger partial charge in [-0.05, 0) is 43.3 Å². The lowest BCUT2D eigenvalue weighted by atomic mass is 10.0. The number of hydrogen-bond acceptors (Lipinski definition) is 5. The van der Waals surface area contributed by atoms with Crippen LogP contribution in [0.3, 0.4) is 0 Å². The number of amides is 1. The Balaban J connectivity index is 1.67. The first kappa shape index (κ1) is 21.0. The van der Waals surface area contributed by atoms with Crippen LogP contribution in [-0.4, -0.2) is 33.4 Å². The molecule has 3 N–H and O–H groups in total. The number of carboxylic acid groups (broad SMARTS) is 1. The summed E-state index contributed by atoms with van der Waals surface area (Å²) in [6.45, 7) is 2.37. The Labute approximate surface area is 181 Å². The van der Waals surface area contributed by atoms with Crippen molar-refractivity contribution < 1.29 is 28.2 Å². The Hall–Kier alpha value is -4.21. The Morgan fingerprint density at radius 3 is 2.62 bits per heavy atom. The molecular weight excluding hydrogens is 422 g/mol. The molecule has 0 aliphatic carbocycles. The molecule has 32 heavy (non-hydrogen) atoms. The zero-order valence-electron chi connectivity index (χ0n) is 16.8. The molecule has 0 spiro atoms. The van der Waals surface area contributed by atoms with Crippen LogP contribution in [0.25, 0.3) is 0 Å². The Morgan fingerprint density at radius 2 is 1.97 bits per heavy atom. The van der Waals surface area contributed by atoms with E-state index in [1.54, 1.807) is 24.3 Å². The minimum atomic E-state index is -1.30. The number of benzene rings is 2. The van der Waals surface area contributed by atoms with E-state index in [4.69, 9.17) is 4.74 Å². The molecule has 1 aliphatic heterocycles. The summed E-state index contributed by atoms with van der Waals surface area (Å²) < 4.78 is 34.4. The smallest absolute Gasteiger partial charge is 0.352 e. The molecule has 0 saturated carbocycles. The van der Waals surface area contributed by atoms with Gasteiger partial charge in [0.25, 0.3) is 5.91 Å². The quantitative estimate of drug-likeness (QED) is 0.539. The number of nitrogens with one attached hydrogen (secondary N) is 2. The average Bonchev–Trinajstić information content (AvgIpc) is 3.19. The van der Waals surface area contributed by atoms with Crippen molar-refractivity contribution in [3.63, 3.8) is 0 Å². The maximum atomic E-state index is 14.4. The van der Waals surface area contributed by atoms with Gasteiger partial charge in [0.05, 0.1) is 12.8 Å². The van der Waals surface area contributed by atoms with Gasteiger partial charge in [-0.2, -0.15) is 5.10 Å². The van der Waals surface area contributed by atoms with Gasteiger partial charge in [0.2, 0.25) is 0 Å². The number of aliphatic carboxylic acids is 1. The van der Waals surface area contributed by atoms with Crippen LogP contribution in [0.5, 0.6) is 5.75 Å². The van der Waals surface area contributed by atoms with Gasteiger partial charge in [0, 0.05) is 17.3 Å². The summed E-state index contributed by atoms with van der Waals surface area (Å²) >= 11 is 0. The summed E-state index contributed by atoms with van der Waals surface area (Å²) in [6.07, 6.45) is 2.49. The third-order valence-corrected chi connectivity index (χ3v) is 4.82. The number of ether oxygens (including phenoxy) is 1. The van der Waals surface area contributed by atoms with Crippen molar-refractivity contribution in [2.45, 2.75) is 13.0 Å². The Morgan fingerprint density at radius 1 is 1.22 bits per heavy atom. The number of carbonyl (C=O) groups is 2. The zero-order valence-corrected chi connectivity index (χ0v) is 16.8. The normalized spacial score (nSPS) is 14.7. The van der Waals surface area contributed by atoms with E-state index in [1.165, 1.54) is 23.0 Å². The summed E-state index contributed by atoms with van der Waals surface area (Å²) in [4.78, 5) is 24.5. The standard InChI is InChI=1S/C22H18F2N4O4/c1-2-32-14-6-4-13(5-7-14)26-21(29)16-11-25-28-19(10-18(22(30)31)27-20(16)28)15-8-3-12(23)9-17(15)24/h3-11,19,27H,2H2,1H3,(H,26,29)(H,30,31)/t19-/m1/s1. The van der Waals surface area contributed by atoms with Crippen LogP contribution in [0.4, 0.5) is 20.3 Å². The van der Waals surface area contributed by atoms with Crippen LogP contribution in [0, 0.1) is 11.6 Å². The first-order valence-corrected chi connectivity index (χ1v) is 9.66. The van der Waals surface area contributed by atoms with Crippen LogP contribution >= 0.6 is 0 Å². The van der Waals surface area contributed by atoms with Gasteiger partial charge < -0.3 is 20.5 Å². The highest BCUT2D eigenvalue weighted by Crippen LogP contribution is 2.33. The number of carboxylic acids is 1. The van der Waals surface area contributed by atoms with Crippen LogP contribution in [0.1, 0.15) is 28.9 Å². The number of aromatic nitrogens is 2. The first-order chi connectivity index (χ1) is 15.4. The average molecular weight is 440 g/mol. The third kappa shape index (κ3) is 4.02. The maximum absolute atomic E-state index is 14.4. The molecule has 1 aromatic heterocycles. The fourth-order valence-electron chi connectivity index (χ4n) is 3.35. The molecule has 164 valence electrons. The number of allylic oxidation sites excluding steroid dienone is 1. The summed E-state index contributed by atoms with van der Waals surface area (Å²) in [6, 6.07) is 8.70. The van der Waals surface area contributed by atoms with E-state index in [0.717, 1.165) is 6.07 Å². The predicted octanol–water partition coefficient (Wildman–Crippen LogP) is 3.80. The summed E-state index contributed by atoms with van der Waals surface area (Å²) in [7, 11) is 0. The van der Waals surface area contributed by atoms with E-state index in [2.05, 4.69) is 15.7 Å². The van der Waals surface area contributed by atoms with Gasteiger partial charge in [0.15, 0.2) is 0 Å². The number of hydrogen-bond donors (Lipinski definition) is 3. The lowest BCUT2D eigenvalue weighted by Gasteiger charge is -2.24. The number of carbonyl (C=O) groups excluding carboxylic acids is 1. The molecule has 8 nitrogen and oxygen atoms in total. The van der Waals surface area contributed by atoms with E-state index >= 15 is 0 Å². The highest BCUT2D eigenvalue weighted by Gasteiger charge is 2.30. The van der Waals surface area contributed by atoms with Gasteiger partial charge in [-0.3, -0.25) is 4.79 Å². The summed E-state index contributed by atoms with van der Waals surface area (Å²) in [5.41, 5.74) is 0.291. The highest BCUT2D eigenvalue weighted by molar-refractivity contribution is 6.08. The molecule has 1 amide bonds. The van der Waals surface area contributed by atoms with E-state index < -0.39 is 29.6 Å². The monoisotopic (exact) mass is 440 g/mol. The summed E-state index contributed by atoms with van der Waals surface area (Å²) in [5.74, 6) is -2.76. The first-order valence-electron chi connectivity index (χ1n) is 9.66. The van der Waals surface area contributed by atoms with E-state index in [0.29, 0.717) is 24.1 Å². The minimum Gasteiger partial charge on any atom is -0.494 e. The van der Waals surface area contributed by atoms with E-state index in [1.807, 2.05) is 6.92 Å². The fourth-order valence-corrected chi connectivity index (χ4v) is 3.35. The molecule has 10 heteroatoms. The van der Waals surface area contributed by atoms with Crippen LogP contribution in [0.2, 0.25) is 0 Å². The topological polar surface area (TPSA) is 105 Å². The molecule has 1 atom stereocenters. The molecule has 4 rings (SSSR count). The Kier molecular flexibility index (Phi) is 5.59. The van der Waals surface area contributed by atoms with Crippen molar-refractivity contribution in [2.24, 2.45) is 0 Å². The van der Waals surface area contributed by atoms with Gasteiger partial charge in [0.1, 0.15) is 40.5 Å². The number of nitrogens with zero attached hydrogens (tertiary/aromatic N) is 2. The van der Waals surface area contributed by atoms with Crippen LogP contribution < -0.4 is 15.4 Å². The molecule has 0 fully saturated rings. The second-order valence-corrected chi connectivity index (χ2v) is 6.88. The number of fused-ring (bicyclic) bond motifs is 1. The van der Waals surface area contributed by atoms with E-state index in [9.17, 15) is 23.5 Å². The van der Waals surface area contributed by atoms with Gasteiger partial charge in [-0.15, -0.1) is 0 Å². The molecule has 0 unspecified atom stereocenters. The minimum absolute atomic E-state index is 0.00877. The lowest BCUT2D eigenvalue weighted by molar-refractivity contribution is -0.132. The van der Waals surface area contributed by atoms with Crippen LogP contribution in [-0.2, 0) is 4.79 Å². The fraction of sp³-hybridized carbons (Fsp3) is 0.136. The molecule has 0 radical (unpaired) electrons. The predicted molar refractivity (Wildman–Crippen MR) is 112 cm³/mol. The molecule has 2 aromatic carbocycles. The van der Waals surface area contributed by atoms with Crippen molar-refractivity contribution in [1.29, 1.82) is 0 Å². The maximum Gasteiger partial charge on any atom is 0.352 e. The largest absolute Gasteiger partial charge is 0.494 e. The van der Waals surface area contributed by atoms with Crippen molar-refractivity contribution in [3.05, 3.63) is 83.2 Å². The summed E-state index contributed by atoms with van der Waals surface area (Å²) in [5, 5.41) is 19.0. The second kappa shape index (κ2) is 8.50. The molecule has 2 heterocycles. The second-order valence-electron chi connectivity index (χ2n) is 6.88. The number of anilines is 2. The molecular formula is C22H18F2N4O4. The molecule has 1 aliphatic rings. The lowest BCUT2D eigenvalue weighted by Crippen LogP contribution is -2.26. The van der Waals surface area contributed by atoms with Crippen molar-refractivity contribution >= 4 is 23.4 Å². The molecule has 3 aromatic rings. The number of rotatable bonds is 6. The van der Waals surface area contributed by atoms with Crippen molar-refractivity contribution in [1.82, 2.24) is 9.78 Å². The van der Waals surface area contributed by atoms with Gasteiger partial charge >= 0.3 is 5.97 Å². The number of halogens is 2. The molecule has 0 bridgehead atoms. The van der Waals surface area contributed by atoms with E-state index in [-0.39, 0.29) is 22.6 Å². The third-order valence-electron chi connectivity index (χ3n) is 4.82.